The van der Waals surface area contributed by atoms with Gasteiger partial charge in [0, 0.05) is 17.7 Å². The van der Waals surface area contributed by atoms with E-state index in [1.165, 1.54) is 17.7 Å². The number of Topliss-reactive ketones (excluding diaryl/α,β-unsaturated/α-hetero) is 1. The van der Waals surface area contributed by atoms with Crippen molar-refractivity contribution >= 4 is 17.1 Å². The molecule has 0 saturated heterocycles. The molecule has 0 aliphatic heterocycles. The summed E-state index contributed by atoms with van der Waals surface area (Å²) in [6.45, 7) is 0. The molecule has 1 aromatic rings. The Morgan fingerprint density at radius 1 is 1.54 bits per heavy atom. The van der Waals surface area contributed by atoms with E-state index in [4.69, 9.17) is 0 Å². The van der Waals surface area contributed by atoms with Gasteiger partial charge >= 0.3 is 0 Å². The molecule has 1 nitrogen and oxygen atoms in total. The van der Waals surface area contributed by atoms with E-state index in [0.29, 0.717) is 12.2 Å². The zero-order chi connectivity index (χ0) is 9.10. The van der Waals surface area contributed by atoms with Crippen molar-refractivity contribution in [1.29, 1.82) is 0 Å². The fourth-order valence-corrected chi connectivity index (χ4v) is 2.20. The minimum Gasteiger partial charge on any atom is -0.299 e. The second kappa shape index (κ2) is 4.05. The molecule has 1 fully saturated rings. The van der Waals surface area contributed by atoms with Gasteiger partial charge in [0.2, 0.25) is 0 Å². The first kappa shape index (κ1) is 8.95. The molecule has 1 aliphatic carbocycles. The van der Waals surface area contributed by atoms with Crippen LogP contribution in [0.4, 0.5) is 0 Å². The van der Waals surface area contributed by atoms with Crippen molar-refractivity contribution in [2.24, 2.45) is 5.92 Å². The highest BCUT2D eigenvalue weighted by atomic mass is 32.1. The highest BCUT2D eigenvalue weighted by molar-refractivity contribution is 7.10. The molecule has 1 aliphatic rings. The Kier molecular flexibility index (Phi) is 2.79. The van der Waals surface area contributed by atoms with Crippen molar-refractivity contribution in [2.75, 3.05) is 0 Å². The first-order chi connectivity index (χ1) is 6.34. The first-order valence-electron chi connectivity index (χ1n) is 4.88. The van der Waals surface area contributed by atoms with E-state index in [1.807, 2.05) is 17.5 Å². The molecule has 13 heavy (non-hydrogen) atoms. The van der Waals surface area contributed by atoms with Crippen molar-refractivity contribution in [3.8, 4) is 0 Å². The summed E-state index contributed by atoms with van der Waals surface area (Å²) in [6, 6.07) is 4.05. The van der Waals surface area contributed by atoms with Crippen LogP contribution in [0.2, 0.25) is 0 Å². The van der Waals surface area contributed by atoms with Crippen LogP contribution in [0.15, 0.2) is 17.5 Å². The van der Waals surface area contributed by atoms with Crippen LogP contribution in [0.5, 0.6) is 0 Å². The third kappa shape index (κ3) is 2.96. The van der Waals surface area contributed by atoms with Crippen molar-refractivity contribution in [1.82, 2.24) is 0 Å². The number of hydrogen-bond donors (Lipinski definition) is 0. The molecular formula is C11H14OS. The number of carbonyl (C=O) groups excluding carboxylic acids is 1. The van der Waals surface area contributed by atoms with Gasteiger partial charge in [-0.25, -0.2) is 0 Å². The molecule has 1 aromatic heterocycles. The van der Waals surface area contributed by atoms with Crippen molar-refractivity contribution in [3.63, 3.8) is 0 Å². The maximum absolute atomic E-state index is 11.4. The average molecular weight is 194 g/mol. The molecule has 0 aromatic carbocycles. The van der Waals surface area contributed by atoms with E-state index in [9.17, 15) is 4.79 Å². The summed E-state index contributed by atoms with van der Waals surface area (Å²) in [6.07, 6.45) is 5.29. The number of ketones is 1. The predicted molar refractivity (Wildman–Crippen MR) is 55.0 cm³/mol. The van der Waals surface area contributed by atoms with Gasteiger partial charge in [-0.2, -0.15) is 0 Å². The molecule has 0 spiro atoms. The Morgan fingerprint density at radius 2 is 2.38 bits per heavy atom. The highest BCUT2D eigenvalue weighted by Crippen LogP contribution is 2.33. The van der Waals surface area contributed by atoms with Crippen LogP contribution in [0, 0.1) is 5.92 Å². The topological polar surface area (TPSA) is 17.1 Å². The summed E-state index contributed by atoms with van der Waals surface area (Å²) in [5.41, 5.74) is 0. The lowest BCUT2D eigenvalue weighted by atomic mass is 10.1. The number of hydrogen-bond acceptors (Lipinski definition) is 2. The third-order valence-corrected chi connectivity index (χ3v) is 3.36. The van der Waals surface area contributed by atoms with Gasteiger partial charge in [-0.15, -0.1) is 11.3 Å². The maximum Gasteiger partial charge on any atom is 0.138 e. The zero-order valence-electron chi connectivity index (χ0n) is 7.66. The molecule has 0 N–H and O–H groups in total. The predicted octanol–water partition coefficient (Wildman–Crippen LogP) is 3.05. The highest BCUT2D eigenvalue weighted by Gasteiger charge is 2.21. The second-order valence-electron chi connectivity index (χ2n) is 3.78. The van der Waals surface area contributed by atoms with Crippen LogP contribution < -0.4 is 0 Å². The van der Waals surface area contributed by atoms with E-state index in [1.54, 1.807) is 11.3 Å². The summed E-state index contributed by atoms with van der Waals surface area (Å²) >= 11 is 1.68. The Labute approximate surface area is 82.8 Å². The van der Waals surface area contributed by atoms with Gasteiger partial charge in [-0.1, -0.05) is 18.9 Å². The SMILES string of the molecule is O=C(CCC1CC1)Cc1cccs1. The first-order valence-corrected chi connectivity index (χ1v) is 5.76. The summed E-state index contributed by atoms with van der Waals surface area (Å²) < 4.78 is 0. The van der Waals surface area contributed by atoms with Gasteiger partial charge in [0.1, 0.15) is 5.78 Å². The van der Waals surface area contributed by atoms with Gasteiger partial charge in [0.05, 0.1) is 0 Å². The Hall–Kier alpha value is -0.630. The van der Waals surface area contributed by atoms with Crippen molar-refractivity contribution < 1.29 is 4.79 Å². The molecule has 0 radical (unpaired) electrons. The van der Waals surface area contributed by atoms with Crippen LogP contribution in [0.1, 0.15) is 30.6 Å². The molecule has 1 heterocycles. The van der Waals surface area contributed by atoms with E-state index in [2.05, 4.69) is 0 Å². The van der Waals surface area contributed by atoms with Gasteiger partial charge in [0.25, 0.3) is 0 Å². The maximum atomic E-state index is 11.4. The Bertz CT molecular complexity index is 272. The lowest BCUT2D eigenvalue weighted by Crippen LogP contribution is -2.01. The Morgan fingerprint density at radius 3 is 3.00 bits per heavy atom. The van der Waals surface area contributed by atoms with Crippen LogP contribution in [-0.2, 0) is 11.2 Å². The van der Waals surface area contributed by atoms with Crippen molar-refractivity contribution in [2.45, 2.75) is 32.1 Å². The van der Waals surface area contributed by atoms with Crippen LogP contribution in [-0.4, -0.2) is 5.78 Å². The lowest BCUT2D eigenvalue weighted by molar-refractivity contribution is -0.118. The van der Waals surface area contributed by atoms with E-state index < -0.39 is 0 Å². The molecule has 0 amide bonds. The van der Waals surface area contributed by atoms with Gasteiger partial charge in [0.15, 0.2) is 0 Å². The largest absolute Gasteiger partial charge is 0.299 e. The quantitative estimate of drug-likeness (QED) is 0.704. The summed E-state index contributed by atoms with van der Waals surface area (Å²) in [7, 11) is 0. The minimum absolute atomic E-state index is 0.411. The number of thiophene rings is 1. The second-order valence-corrected chi connectivity index (χ2v) is 4.81. The smallest absolute Gasteiger partial charge is 0.138 e. The molecular weight excluding hydrogens is 180 g/mol. The van der Waals surface area contributed by atoms with Crippen molar-refractivity contribution in [3.05, 3.63) is 22.4 Å². The van der Waals surface area contributed by atoms with Crippen LogP contribution >= 0.6 is 11.3 Å². The Balaban J connectivity index is 1.71. The van der Waals surface area contributed by atoms with Gasteiger partial charge in [-0.3, -0.25) is 4.79 Å². The molecule has 0 atom stereocenters. The fourth-order valence-electron chi connectivity index (χ4n) is 1.47. The van der Waals surface area contributed by atoms with E-state index in [-0.39, 0.29) is 0 Å². The normalized spacial score (nSPS) is 16.0. The molecule has 0 unspecified atom stereocenters. The number of carbonyl (C=O) groups is 1. The summed E-state index contributed by atoms with van der Waals surface area (Å²) in [4.78, 5) is 12.7. The monoisotopic (exact) mass is 194 g/mol. The molecule has 0 bridgehead atoms. The molecule has 2 heteroatoms. The van der Waals surface area contributed by atoms with Gasteiger partial charge in [-0.05, 0) is 23.8 Å². The number of rotatable bonds is 5. The van der Waals surface area contributed by atoms with Crippen LogP contribution in [0.3, 0.4) is 0 Å². The minimum atomic E-state index is 0.411. The molecule has 2 rings (SSSR count). The fraction of sp³-hybridized carbons (Fsp3) is 0.545. The van der Waals surface area contributed by atoms with E-state index >= 15 is 0 Å². The summed E-state index contributed by atoms with van der Waals surface area (Å²) in [5, 5.41) is 2.03. The van der Waals surface area contributed by atoms with E-state index in [0.717, 1.165) is 18.8 Å². The van der Waals surface area contributed by atoms with Crippen LogP contribution in [0.25, 0.3) is 0 Å². The summed E-state index contributed by atoms with van der Waals surface area (Å²) in [5.74, 6) is 1.29. The lowest BCUT2D eigenvalue weighted by Gasteiger charge is -1.97. The standard InChI is InChI=1S/C11H14OS/c12-10(6-5-9-3-4-9)8-11-2-1-7-13-11/h1-2,7,9H,3-6,8H2. The average Bonchev–Trinajstić information content (AvgIpc) is 2.82. The zero-order valence-corrected chi connectivity index (χ0v) is 8.48. The van der Waals surface area contributed by atoms with Gasteiger partial charge < -0.3 is 0 Å². The molecule has 70 valence electrons. The molecule has 1 saturated carbocycles. The third-order valence-electron chi connectivity index (χ3n) is 2.48.